The van der Waals surface area contributed by atoms with Crippen LogP contribution in [0.3, 0.4) is 0 Å². The fourth-order valence-electron chi connectivity index (χ4n) is 2.93. The molecule has 0 radical (unpaired) electrons. The highest BCUT2D eigenvalue weighted by atomic mass is 16.2. The highest BCUT2D eigenvalue weighted by molar-refractivity contribution is 6.03. The van der Waals surface area contributed by atoms with E-state index in [0.29, 0.717) is 18.3 Å². The molecule has 2 amide bonds. The number of aryl methyl sites for hydroxylation is 1. The molecule has 0 bridgehead atoms. The van der Waals surface area contributed by atoms with Gasteiger partial charge in [0.25, 0.3) is 0 Å². The van der Waals surface area contributed by atoms with Gasteiger partial charge < -0.3 is 10.2 Å². The number of rotatable bonds is 5. The predicted octanol–water partition coefficient (Wildman–Crippen LogP) is 2.23. The second-order valence-electron chi connectivity index (χ2n) is 6.93. The summed E-state index contributed by atoms with van der Waals surface area (Å²) in [6, 6.07) is 3.67. The van der Waals surface area contributed by atoms with Crippen LogP contribution in [0.1, 0.15) is 25.8 Å². The summed E-state index contributed by atoms with van der Waals surface area (Å²) in [5.41, 5.74) is 1.77. The Morgan fingerprint density at radius 2 is 2.24 bits per heavy atom. The Hall–Kier alpha value is -2.70. The summed E-state index contributed by atoms with van der Waals surface area (Å²) in [5.74, 6) is 0.372. The van der Waals surface area contributed by atoms with Gasteiger partial charge in [0.05, 0.1) is 17.8 Å². The summed E-state index contributed by atoms with van der Waals surface area (Å²) in [4.78, 5) is 30.5. The SMILES string of the molecule is Cc1ccnc(NC(=O)[C@@H]2CC(=O)N(c3cnn(CC(C)C)c3)C2)c1. The minimum atomic E-state index is -0.386. The highest BCUT2D eigenvalue weighted by Crippen LogP contribution is 2.25. The lowest BCUT2D eigenvalue weighted by molar-refractivity contribution is -0.122. The number of hydrogen-bond donors (Lipinski definition) is 1. The largest absolute Gasteiger partial charge is 0.310 e. The molecule has 1 fully saturated rings. The number of carbonyl (C=O) groups is 2. The maximum atomic E-state index is 12.4. The molecule has 132 valence electrons. The zero-order valence-electron chi connectivity index (χ0n) is 14.8. The number of amides is 2. The molecule has 0 unspecified atom stereocenters. The zero-order chi connectivity index (χ0) is 18.0. The van der Waals surface area contributed by atoms with E-state index >= 15 is 0 Å². The van der Waals surface area contributed by atoms with Gasteiger partial charge in [-0.05, 0) is 30.5 Å². The number of hydrogen-bond acceptors (Lipinski definition) is 4. The van der Waals surface area contributed by atoms with E-state index in [9.17, 15) is 9.59 Å². The van der Waals surface area contributed by atoms with Crippen molar-refractivity contribution in [1.29, 1.82) is 0 Å². The summed E-state index contributed by atoms with van der Waals surface area (Å²) in [6.45, 7) is 7.33. The van der Waals surface area contributed by atoms with Crippen LogP contribution in [-0.2, 0) is 16.1 Å². The quantitative estimate of drug-likeness (QED) is 0.904. The van der Waals surface area contributed by atoms with E-state index in [1.807, 2.05) is 29.9 Å². The molecular formula is C18H23N5O2. The van der Waals surface area contributed by atoms with Crippen molar-refractivity contribution in [2.75, 3.05) is 16.8 Å². The fraction of sp³-hybridized carbons (Fsp3) is 0.444. The van der Waals surface area contributed by atoms with Gasteiger partial charge in [0.1, 0.15) is 5.82 Å². The molecule has 0 spiro atoms. The molecule has 2 aromatic rings. The molecular weight excluding hydrogens is 318 g/mol. The van der Waals surface area contributed by atoms with E-state index in [4.69, 9.17) is 0 Å². The zero-order valence-corrected chi connectivity index (χ0v) is 14.8. The Morgan fingerprint density at radius 1 is 1.44 bits per heavy atom. The molecule has 1 aliphatic rings. The van der Waals surface area contributed by atoms with Gasteiger partial charge in [-0.3, -0.25) is 14.3 Å². The monoisotopic (exact) mass is 341 g/mol. The first-order valence-electron chi connectivity index (χ1n) is 8.48. The van der Waals surface area contributed by atoms with Crippen LogP contribution in [0.15, 0.2) is 30.7 Å². The molecule has 1 atom stereocenters. The highest BCUT2D eigenvalue weighted by Gasteiger charge is 2.35. The molecule has 1 saturated heterocycles. The van der Waals surface area contributed by atoms with Gasteiger partial charge >= 0.3 is 0 Å². The first-order valence-corrected chi connectivity index (χ1v) is 8.48. The normalized spacial score (nSPS) is 17.4. The van der Waals surface area contributed by atoms with Crippen molar-refractivity contribution >= 4 is 23.3 Å². The third kappa shape index (κ3) is 4.04. The Balaban J connectivity index is 1.65. The molecule has 1 N–H and O–H groups in total. The number of nitrogens with zero attached hydrogens (tertiary/aromatic N) is 4. The van der Waals surface area contributed by atoms with E-state index in [1.54, 1.807) is 17.3 Å². The molecule has 3 heterocycles. The van der Waals surface area contributed by atoms with Gasteiger partial charge in [-0.15, -0.1) is 0 Å². The molecule has 0 aromatic carbocycles. The minimum Gasteiger partial charge on any atom is -0.310 e. The maximum Gasteiger partial charge on any atom is 0.230 e. The molecule has 3 rings (SSSR count). The van der Waals surface area contributed by atoms with Gasteiger partial charge in [-0.1, -0.05) is 13.8 Å². The molecule has 0 aliphatic carbocycles. The molecule has 25 heavy (non-hydrogen) atoms. The van der Waals surface area contributed by atoms with E-state index in [1.165, 1.54) is 0 Å². The molecule has 1 aliphatic heterocycles. The third-order valence-corrected chi connectivity index (χ3v) is 4.15. The van der Waals surface area contributed by atoms with Gasteiger partial charge in [0, 0.05) is 31.9 Å². The van der Waals surface area contributed by atoms with Crippen molar-refractivity contribution in [2.45, 2.75) is 33.7 Å². The summed E-state index contributed by atoms with van der Waals surface area (Å²) >= 11 is 0. The van der Waals surface area contributed by atoms with Crippen molar-refractivity contribution in [2.24, 2.45) is 11.8 Å². The van der Waals surface area contributed by atoms with Crippen LogP contribution in [0, 0.1) is 18.8 Å². The summed E-state index contributed by atoms with van der Waals surface area (Å²) in [6.07, 6.45) is 5.40. The van der Waals surface area contributed by atoms with Crippen LogP contribution in [0.5, 0.6) is 0 Å². The van der Waals surface area contributed by atoms with Crippen LogP contribution >= 0.6 is 0 Å². The number of nitrogens with one attached hydrogen (secondary N) is 1. The lowest BCUT2D eigenvalue weighted by Crippen LogP contribution is -2.28. The van der Waals surface area contributed by atoms with Crippen LogP contribution in [0.25, 0.3) is 0 Å². The maximum absolute atomic E-state index is 12.4. The van der Waals surface area contributed by atoms with Crippen molar-refractivity contribution in [1.82, 2.24) is 14.8 Å². The number of pyridine rings is 1. The van der Waals surface area contributed by atoms with Gasteiger partial charge in [-0.2, -0.15) is 5.10 Å². The van der Waals surface area contributed by atoms with Crippen LogP contribution < -0.4 is 10.2 Å². The number of carbonyl (C=O) groups excluding carboxylic acids is 2. The summed E-state index contributed by atoms with van der Waals surface area (Å²) in [5, 5.41) is 7.09. The standard InChI is InChI=1S/C18H23N5O2/c1-12(2)9-22-11-15(8-20-22)23-10-14(7-17(23)24)18(25)21-16-6-13(3)4-5-19-16/h4-6,8,11-12,14H,7,9-10H2,1-3H3,(H,19,21,25)/t14-/m1/s1. The average molecular weight is 341 g/mol. The molecule has 0 saturated carbocycles. The Bertz CT molecular complexity index is 783. The van der Waals surface area contributed by atoms with Crippen LogP contribution in [-0.4, -0.2) is 33.1 Å². The molecule has 7 nitrogen and oxygen atoms in total. The van der Waals surface area contributed by atoms with Crippen molar-refractivity contribution in [3.63, 3.8) is 0 Å². The topological polar surface area (TPSA) is 80.1 Å². The molecule has 2 aromatic heterocycles. The van der Waals surface area contributed by atoms with Crippen LogP contribution in [0.4, 0.5) is 11.5 Å². The van der Waals surface area contributed by atoms with E-state index in [-0.39, 0.29) is 24.2 Å². The lowest BCUT2D eigenvalue weighted by atomic mass is 10.1. The van der Waals surface area contributed by atoms with Crippen molar-refractivity contribution < 1.29 is 9.59 Å². The van der Waals surface area contributed by atoms with Crippen LogP contribution in [0.2, 0.25) is 0 Å². The first kappa shape index (κ1) is 17.1. The first-order chi connectivity index (χ1) is 11.9. The van der Waals surface area contributed by atoms with E-state index in [0.717, 1.165) is 17.8 Å². The van der Waals surface area contributed by atoms with E-state index in [2.05, 4.69) is 29.2 Å². The Labute approximate surface area is 147 Å². The molecule has 7 heteroatoms. The number of anilines is 2. The summed E-state index contributed by atoms with van der Waals surface area (Å²) < 4.78 is 1.83. The Kier molecular flexibility index (Phi) is 4.83. The second kappa shape index (κ2) is 7.04. The number of aromatic nitrogens is 3. The second-order valence-corrected chi connectivity index (χ2v) is 6.93. The average Bonchev–Trinajstić information content (AvgIpc) is 3.13. The Morgan fingerprint density at radius 3 is 2.96 bits per heavy atom. The van der Waals surface area contributed by atoms with Gasteiger partial charge in [0.15, 0.2) is 0 Å². The van der Waals surface area contributed by atoms with Crippen molar-refractivity contribution in [3.05, 3.63) is 36.3 Å². The fourth-order valence-corrected chi connectivity index (χ4v) is 2.93. The van der Waals surface area contributed by atoms with E-state index < -0.39 is 0 Å². The third-order valence-electron chi connectivity index (χ3n) is 4.15. The smallest absolute Gasteiger partial charge is 0.230 e. The summed E-state index contributed by atoms with van der Waals surface area (Å²) in [7, 11) is 0. The van der Waals surface area contributed by atoms with Gasteiger partial charge in [-0.25, -0.2) is 4.98 Å². The van der Waals surface area contributed by atoms with Crippen molar-refractivity contribution in [3.8, 4) is 0 Å². The predicted molar refractivity (Wildman–Crippen MR) is 95.1 cm³/mol. The van der Waals surface area contributed by atoms with Gasteiger partial charge in [0.2, 0.25) is 11.8 Å². The minimum absolute atomic E-state index is 0.0542. The lowest BCUT2D eigenvalue weighted by Gasteiger charge is -2.14.